The van der Waals surface area contributed by atoms with Crippen LogP contribution in [0.5, 0.6) is 0 Å². The van der Waals surface area contributed by atoms with Gasteiger partial charge in [0.25, 0.3) is 0 Å². The molecule has 0 saturated carbocycles. The van der Waals surface area contributed by atoms with Gasteiger partial charge >= 0.3 is 0 Å². The maximum atomic E-state index is 11.6. The molecule has 1 aliphatic rings. The Bertz CT molecular complexity index is 315. The van der Waals surface area contributed by atoms with Crippen molar-refractivity contribution in [3.8, 4) is 0 Å². The van der Waals surface area contributed by atoms with Gasteiger partial charge in [0.15, 0.2) is 5.78 Å². The second-order valence-corrected chi connectivity index (χ2v) is 4.92. The third-order valence-corrected chi connectivity index (χ3v) is 3.63. The monoisotopic (exact) mass is 240 g/mol. The summed E-state index contributed by atoms with van der Waals surface area (Å²) in [6.07, 6.45) is 2.10. The van der Waals surface area contributed by atoms with Crippen LogP contribution in [0, 0.1) is 5.92 Å². The summed E-state index contributed by atoms with van der Waals surface area (Å²) in [4.78, 5) is 12.4. The molecule has 2 heterocycles. The largest absolute Gasteiger partial charge is 0.381 e. The zero-order valence-electron chi connectivity index (χ0n) is 9.19. The molecule has 0 radical (unpaired) electrons. The summed E-state index contributed by atoms with van der Waals surface area (Å²) in [6, 6.07) is 3.72. The number of rotatable bonds is 5. The van der Waals surface area contributed by atoms with Crippen LogP contribution in [0.1, 0.15) is 22.5 Å². The zero-order chi connectivity index (χ0) is 11.2. The Morgan fingerprint density at radius 3 is 3.00 bits per heavy atom. The molecule has 0 aromatic carbocycles. The Morgan fingerprint density at radius 1 is 1.50 bits per heavy atom. The predicted octanol–water partition coefficient (Wildman–Crippen LogP) is 2.37. The van der Waals surface area contributed by atoms with Gasteiger partial charge in [0.2, 0.25) is 0 Å². The smallest absolute Gasteiger partial charge is 0.198 e. The van der Waals surface area contributed by atoms with Gasteiger partial charge in [0.1, 0.15) is 6.61 Å². The van der Waals surface area contributed by atoms with Crippen LogP contribution in [0.2, 0.25) is 0 Å². The molecule has 0 aliphatic carbocycles. The molecule has 1 aliphatic heterocycles. The fourth-order valence-corrected chi connectivity index (χ4v) is 2.39. The minimum absolute atomic E-state index is 0.0852. The Labute approximate surface area is 99.4 Å². The molecule has 0 spiro atoms. The second-order valence-electron chi connectivity index (χ2n) is 3.97. The molecule has 88 valence electrons. The normalized spacial score (nSPS) is 17.5. The zero-order valence-corrected chi connectivity index (χ0v) is 10.0. The molecule has 0 atom stereocenters. The molecule has 4 heteroatoms. The van der Waals surface area contributed by atoms with E-state index in [1.165, 1.54) is 11.3 Å². The first-order valence-corrected chi connectivity index (χ1v) is 6.46. The highest BCUT2D eigenvalue weighted by Crippen LogP contribution is 2.15. The summed E-state index contributed by atoms with van der Waals surface area (Å²) in [5, 5.41) is 1.91. The molecule has 0 unspecified atom stereocenters. The van der Waals surface area contributed by atoms with Gasteiger partial charge in [0, 0.05) is 13.2 Å². The Balaban J connectivity index is 1.66. The molecule has 16 heavy (non-hydrogen) atoms. The molecule has 0 amide bonds. The van der Waals surface area contributed by atoms with E-state index in [0.29, 0.717) is 12.5 Å². The van der Waals surface area contributed by atoms with Gasteiger partial charge in [-0.1, -0.05) is 6.07 Å². The van der Waals surface area contributed by atoms with E-state index in [1.807, 2.05) is 17.5 Å². The Hall–Kier alpha value is -0.710. The number of hydrogen-bond acceptors (Lipinski definition) is 4. The quantitative estimate of drug-likeness (QED) is 0.741. The molecular formula is C12H16O3S. The van der Waals surface area contributed by atoms with Gasteiger partial charge in [-0.15, -0.1) is 11.3 Å². The van der Waals surface area contributed by atoms with Crippen molar-refractivity contribution < 1.29 is 14.3 Å². The van der Waals surface area contributed by atoms with E-state index in [-0.39, 0.29) is 12.4 Å². The van der Waals surface area contributed by atoms with Gasteiger partial charge in [-0.3, -0.25) is 4.79 Å². The lowest BCUT2D eigenvalue weighted by Gasteiger charge is -2.21. The summed E-state index contributed by atoms with van der Waals surface area (Å²) in [6.45, 7) is 2.54. The number of Topliss-reactive ketones (excluding diaryl/α,β-unsaturated/α-hetero) is 1. The minimum Gasteiger partial charge on any atom is -0.381 e. The van der Waals surface area contributed by atoms with Crippen molar-refractivity contribution in [3.05, 3.63) is 22.4 Å². The number of hydrogen-bond donors (Lipinski definition) is 0. The molecule has 1 aromatic heterocycles. The average Bonchev–Trinajstić information content (AvgIpc) is 2.84. The van der Waals surface area contributed by atoms with Crippen LogP contribution >= 0.6 is 11.3 Å². The van der Waals surface area contributed by atoms with Crippen LogP contribution in [-0.2, 0) is 9.47 Å². The lowest BCUT2D eigenvalue weighted by Crippen LogP contribution is -2.21. The summed E-state index contributed by atoms with van der Waals surface area (Å²) in [7, 11) is 0. The number of carbonyl (C=O) groups is 1. The van der Waals surface area contributed by atoms with Gasteiger partial charge in [-0.05, 0) is 30.2 Å². The molecule has 0 bridgehead atoms. The SMILES string of the molecule is O=C(COCC1CCOCC1)c1cccs1. The highest BCUT2D eigenvalue weighted by atomic mass is 32.1. The van der Waals surface area contributed by atoms with E-state index in [0.717, 1.165) is 30.9 Å². The molecule has 2 rings (SSSR count). The fraction of sp³-hybridized carbons (Fsp3) is 0.583. The van der Waals surface area contributed by atoms with E-state index in [9.17, 15) is 4.79 Å². The third kappa shape index (κ3) is 3.40. The fourth-order valence-electron chi connectivity index (χ4n) is 1.74. The van der Waals surface area contributed by atoms with Crippen LogP contribution in [0.15, 0.2) is 17.5 Å². The number of thiophene rings is 1. The van der Waals surface area contributed by atoms with Gasteiger partial charge in [-0.2, -0.15) is 0 Å². The summed E-state index contributed by atoms with van der Waals surface area (Å²) in [5.41, 5.74) is 0. The lowest BCUT2D eigenvalue weighted by atomic mass is 10.0. The lowest BCUT2D eigenvalue weighted by molar-refractivity contribution is 0.0217. The maximum absolute atomic E-state index is 11.6. The molecule has 3 nitrogen and oxygen atoms in total. The van der Waals surface area contributed by atoms with E-state index in [4.69, 9.17) is 9.47 Å². The van der Waals surface area contributed by atoms with E-state index in [2.05, 4.69) is 0 Å². The van der Waals surface area contributed by atoms with Crippen LogP contribution < -0.4 is 0 Å². The highest BCUT2D eigenvalue weighted by molar-refractivity contribution is 7.12. The van der Waals surface area contributed by atoms with Crippen molar-refractivity contribution in [2.75, 3.05) is 26.4 Å². The second kappa shape index (κ2) is 6.13. The maximum Gasteiger partial charge on any atom is 0.198 e. The third-order valence-electron chi connectivity index (χ3n) is 2.72. The van der Waals surface area contributed by atoms with Crippen molar-refractivity contribution in [3.63, 3.8) is 0 Å². The van der Waals surface area contributed by atoms with Crippen molar-refractivity contribution in [2.24, 2.45) is 5.92 Å². The van der Waals surface area contributed by atoms with E-state index >= 15 is 0 Å². The van der Waals surface area contributed by atoms with Crippen LogP contribution in [0.3, 0.4) is 0 Å². The molecular weight excluding hydrogens is 224 g/mol. The Kier molecular flexibility index (Phi) is 4.51. The summed E-state index contributed by atoms with van der Waals surface area (Å²) >= 11 is 1.47. The average molecular weight is 240 g/mol. The van der Waals surface area contributed by atoms with Crippen LogP contribution in [0.25, 0.3) is 0 Å². The Morgan fingerprint density at radius 2 is 2.31 bits per heavy atom. The van der Waals surface area contributed by atoms with Crippen molar-refractivity contribution in [1.82, 2.24) is 0 Å². The van der Waals surface area contributed by atoms with Crippen molar-refractivity contribution in [2.45, 2.75) is 12.8 Å². The molecule has 1 saturated heterocycles. The molecule has 1 fully saturated rings. The number of ketones is 1. The van der Waals surface area contributed by atoms with Crippen LogP contribution in [-0.4, -0.2) is 32.2 Å². The van der Waals surface area contributed by atoms with Crippen molar-refractivity contribution >= 4 is 17.1 Å². The first kappa shape index (κ1) is 11.8. The van der Waals surface area contributed by atoms with Gasteiger partial charge < -0.3 is 9.47 Å². The standard InChI is InChI=1S/C12H16O3S/c13-11(12-2-1-7-16-12)9-15-8-10-3-5-14-6-4-10/h1-2,7,10H,3-6,8-9H2. The molecule has 0 N–H and O–H groups in total. The summed E-state index contributed by atoms with van der Waals surface area (Å²) < 4.78 is 10.7. The first-order valence-electron chi connectivity index (χ1n) is 5.58. The highest BCUT2D eigenvalue weighted by Gasteiger charge is 2.14. The minimum atomic E-state index is 0.0852. The predicted molar refractivity (Wildman–Crippen MR) is 63.0 cm³/mol. The molecule has 1 aromatic rings. The topological polar surface area (TPSA) is 35.5 Å². The van der Waals surface area contributed by atoms with Crippen molar-refractivity contribution in [1.29, 1.82) is 0 Å². The van der Waals surface area contributed by atoms with Gasteiger partial charge in [-0.25, -0.2) is 0 Å². The van der Waals surface area contributed by atoms with E-state index < -0.39 is 0 Å². The number of carbonyl (C=O) groups excluding carboxylic acids is 1. The first-order chi connectivity index (χ1) is 7.86. The van der Waals surface area contributed by atoms with E-state index in [1.54, 1.807) is 0 Å². The van der Waals surface area contributed by atoms with Gasteiger partial charge in [0.05, 0.1) is 11.5 Å². The summed E-state index contributed by atoms with van der Waals surface area (Å²) in [5.74, 6) is 0.645. The van der Waals surface area contributed by atoms with Crippen LogP contribution in [0.4, 0.5) is 0 Å². The number of ether oxygens (including phenoxy) is 2.